The molecule has 0 unspecified atom stereocenters. The normalized spacial score (nSPS) is 5.71. The Morgan fingerprint density at radius 1 is 0.857 bits per heavy atom. The molecule has 0 saturated carbocycles. The maximum absolute atomic E-state index is 2.86. The highest BCUT2D eigenvalue weighted by atomic mass is 14.6. The lowest BCUT2D eigenvalue weighted by atomic mass is 10.7. The first-order valence-electron chi connectivity index (χ1n) is 1.58. The molecule has 0 bridgehead atoms. The van der Waals surface area contributed by atoms with Crippen LogP contribution in [0, 0.1) is 0 Å². The van der Waals surface area contributed by atoms with E-state index in [2.05, 4.69) is 4.98 Å². The number of rotatable bonds is 0. The third kappa shape index (κ3) is 3.23. The van der Waals surface area contributed by atoms with Crippen molar-refractivity contribution in [3.63, 3.8) is 0 Å². The summed E-state index contributed by atoms with van der Waals surface area (Å²) in [5.74, 6) is 0. The Morgan fingerprint density at radius 2 is 1.29 bits per heavy atom. The van der Waals surface area contributed by atoms with Crippen LogP contribution in [-0.4, -0.2) is 21.8 Å². The molecule has 1 nitrogen and oxygen atoms in total. The predicted molar refractivity (Wildman–Crippen MR) is 32.3 cm³/mol. The van der Waals surface area contributed by atoms with Crippen molar-refractivity contribution in [2.45, 2.75) is 0 Å². The van der Waals surface area contributed by atoms with E-state index in [9.17, 15) is 0 Å². The van der Waals surface area contributed by atoms with Gasteiger partial charge in [0.25, 0.3) is 0 Å². The lowest BCUT2D eigenvalue weighted by Crippen LogP contribution is -1.38. The van der Waals surface area contributed by atoms with Crippen LogP contribution in [0.4, 0.5) is 0 Å². The van der Waals surface area contributed by atoms with Gasteiger partial charge in [0.2, 0.25) is 0 Å². The molecule has 1 N–H and O–H groups in total. The van der Waals surface area contributed by atoms with Gasteiger partial charge in [0.1, 0.15) is 0 Å². The Labute approximate surface area is 47.3 Å². The maximum atomic E-state index is 2.86. The highest BCUT2D eigenvalue weighted by Crippen LogP contribution is 1.72. The Morgan fingerprint density at radius 3 is 1.43 bits per heavy atom. The van der Waals surface area contributed by atoms with Gasteiger partial charge in [-0.25, -0.2) is 0 Å². The number of nitrogens with one attached hydrogen (secondary N) is 1. The van der Waals surface area contributed by atoms with E-state index in [0.29, 0.717) is 0 Å². The molecule has 0 aliphatic rings. The van der Waals surface area contributed by atoms with Gasteiger partial charge >= 0.3 is 0 Å². The minimum absolute atomic E-state index is 0. The molecular formula is C4H5B2N. The highest BCUT2D eigenvalue weighted by molar-refractivity contribution is 5.76. The zero-order valence-electron chi connectivity index (χ0n) is 3.96. The summed E-state index contributed by atoms with van der Waals surface area (Å²) in [7, 11) is 0. The van der Waals surface area contributed by atoms with Crippen molar-refractivity contribution in [2.75, 3.05) is 0 Å². The van der Waals surface area contributed by atoms with Crippen LogP contribution in [-0.2, 0) is 0 Å². The summed E-state index contributed by atoms with van der Waals surface area (Å²) in [6, 6.07) is 3.89. The van der Waals surface area contributed by atoms with Crippen molar-refractivity contribution in [1.29, 1.82) is 0 Å². The molecule has 1 aromatic rings. The van der Waals surface area contributed by atoms with Crippen molar-refractivity contribution in [1.82, 2.24) is 4.98 Å². The summed E-state index contributed by atoms with van der Waals surface area (Å²) in [5, 5.41) is 0. The number of hydrogen-bond acceptors (Lipinski definition) is 0. The second-order valence-electron chi connectivity index (χ2n) is 0.885. The Bertz CT molecular complexity index is 66.2. The first-order valence-corrected chi connectivity index (χ1v) is 1.58. The van der Waals surface area contributed by atoms with Gasteiger partial charge in [-0.3, -0.25) is 0 Å². The summed E-state index contributed by atoms with van der Waals surface area (Å²) in [5.41, 5.74) is 0. The van der Waals surface area contributed by atoms with Crippen LogP contribution >= 0.6 is 0 Å². The van der Waals surface area contributed by atoms with Gasteiger partial charge in [0, 0.05) is 29.2 Å². The standard InChI is InChI=1S/C4H5N.2B/c1-2-4-5-3-1;;/h1-5H;;. The van der Waals surface area contributed by atoms with Crippen LogP contribution in [0.15, 0.2) is 24.5 Å². The summed E-state index contributed by atoms with van der Waals surface area (Å²) < 4.78 is 0. The second kappa shape index (κ2) is 5.41. The largest absolute Gasteiger partial charge is 0.368 e. The molecule has 0 aromatic carbocycles. The molecule has 1 aromatic heterocycles. The minimum Gasteiger partial charge on any atom is -0.368 e. The van der Waals surface area contributed by atoms with Gasteiger partial charge in [0.05, 0.1) is 0 Å². The fourth-order valence-electron chi connectivity index (χ4n) is 0.278. The molecule has 0 fully saturated rings. The van der Waals surface area contributed by atoms with Crippen molar-refractivity contribution in [2.24, 2.45) is 0 Å². The molecule has 32 valence electrons. The monoisotopic (exact) mass is 89.1 g/mol. The summed E-state index contributed by atoms with van der Waals surface area (Å²) in [6.07, 6.45) is 3.75. The number of H-pyrrole nitrogens is 1. The fraction of sp³-hybridized carbons (Fsp3) is 0. The Hall–Kier alpha value is -0.590. The van der Waals surface area contributed by atoms with Gasteiger partial charge in [0.15, 0.2) is 0 Å². The lowest BCUT2D eigenvalue weighted by Gasteiger charge is -1.49. The summed E-state index contributed by atoms with van der Waals surface area (Å²) >= 11 is 0. The molecule has 0 amide bonds. The predicted octanol–water partition coefficient (Wildman–Crippen LogP) is 0.253. The molecule has 0 atom stereocenters. The van der Waals surface area contributed by atoms with E-state index in [4.69, 9.17) is 0 Å². The maximum Gasteiger partial charge on any atom is 0.000496 e. The van der Waals surface area contributed by atoms with Crippen molar-refractivity contribution in [3.8, 4) is 0 Å². The van der Waals surface area contributed by atoms with Crippen molar-refractivity contribution >= 4 is 16.8 Å². The molecule has 0 spiro atoms. The average Bonchev–Trinajstić information content (AvgIpc) is 1.76. The molecule has 1 rings (SSSR count). The molecule has 0 saturated heterocycles. The van der Waals surface area contributed by atoms with E-state index in [1.807, 2.05) is 24.5 Å². The minimum atomic E-state index is 0. The summed E-state index contributed by atoms with van der Waals surface area (Å²) in [6.45, 7) is 0. The number of aromatic amines is 1. The summed E-state index contributed by atoms with van der Waals surface area (Å²) in [4.78, 5) is 2.86. The fourth-order valence-corrected chi connectivity index (χ4v) is 0.278. The van der Waals surface area contributed by atoms with Crippen LogP contribution in [0.2, 0.25) is 0 Å². The first kappa shape index (κ1) is 9.65. The number of hydrogen-bond donors (Lipinski definition) is 1. The van der Waals surface area contributed by atoms with Crippen LogP contribution in [0.3, 0.4) is 0 Å². The molecule has 1 heterocycles. The van der Waals surface area contributed by atoms with Gasteiger partial charge in [-0.15, -0.1) is 0 Å². The third-order valence-corrected chi connectivity index (χ3v) is 0.496. The van der Waals surface area contributed by atoms with E-state index in [1.165, 1.54) is 0 Å². The van der Waals surface area contributed by atoms with E-state index in [1.54, 1.807) is 0 Å². The second-order valence-corrected chi connectivity index (χ2v) is 0.885. The molecule has 3 heteroatoms. The van der Waals surface area contributed by atoms with E-state index < -0.39 is 0 Å². The average molecular weight is 88.7 g/mol. The molecule has 0 aliphatic heterocycles. The van der Waals surface area contributed by atoms with Gasteiger partial charge in [-0.05, 0) is 12.1 Å². The van der Waals surface area contributed by atoms with Gasteiger partial charge in [-0.2, -0.15) is 0 Å². The highest BCUT2D eigenvalue weighted by Gasteiger charge is 1.55. The van der Waals surface area contributed by atoms with Crippen LogP contribution in [0.5, 0.6) is 0 Å². The third-order valence-electron chi connectivity index (χ3n) is 0.496. The van der Waals surface area contributed by atoms with Crippen molar-refractivity contribution < 1.29 is 0 Å². The Balaban J connectivity index is 0. The van der Waals surface area contributed by atoms with Crippen molar-refractivity contribution in [3.05, 3.63) is 24.5 Å². The van der Waals surface area contributed by atoms with Crippen LogP contribution in [0.25, 0.3) is 0 Å². The smallest absolute Gasteiger partial charge is 0.000496 e. The zero-order valence-corrected chi connectivity index (χ0v) is 3.96. The lowest BCUT2D eigenvalue weighted by molar-refractivity contribution is 1.42. The molecular weight excluding hydrogens is 83.7 g/mol. The zero-order chi connectivity index (χ0) is 3.54. The van der Waals surface area contributed by atoms with Gasteiger partial charge < -0.3 is 4.98 Å². The van der Waals surface area contributed by atoms with E-state index >= 15 is 0 Å². The molecule has 6 radical (unpaired) electrons. The first-order chi connectivity index (χ1) is 2.50. The number of aromatic nitrogens is 1. The molecule has 0 aliphatic carbocycles. The SMILES string of the molecule is [B].[B].c1cc[nH]c1. The van der Waals surface area contributed by atoms with E-state index in [0.717, 1.165) is 0 Å². The topological polar surface area (TPSA) is 15.8 Å². The van der Waals surface area contributed by atoms with Crippen LogP contribution in [0.1, 0.15) is 0 Å². The molecule has 7 heavy (non-hydrogen) atoms. The van der Waals surface area contributed by atoms with E-state index in [-0.39, 0.29) is 16.8 Å². The quantitative estimate of drug-likeness (QED) is 0.438. The Kier molecular flexibility index (Phi) is 7.46. The van der Waals surface area contributed by atoms with Crippen LogP contribution < -0.4 is 0 Å². The van der Waals surface area contributed by atoms with Gasteiger partial charge in [-0.1, -0.05) is 0 Å².